The molecule has 0 N–H and O–H groups in total. The summed E-state index contributed by atoms with van der Waals surface area (Å²) in [6.45, 7) is 4.20. The molecule has 0 aliphatic heterocycles. The Balaban J connectivity index is 1.18. The molecule has 1 aromatic rings. The molecule has 0 amide bonds. The summed E-state index contributed by atoms with van der Waals surface area (Å²) in [5, 5.41) is 0. The molecule has 0 aromatic heterocycles. The fourth-order valence-corrected chi connectivity index (χ4v) is 7.34. The van der Waals surface area contributed by atoms with Crippen molar-refractivity contribution in [3.8, 4) is 5.75 Å². The van der Waals surface area contributed by atoms with E-state index in [1.54, 1.807) is 6.07 Å². The Labute approximate surface area is 244 Å². The summed E-state index contributed by atoms with van der Waals surface area (Å²) in [5.74, 6) is -0.242. The highest BCUT2D eigenvalue weighted by atomic mass is 16.5. The van der Waals surface area contributed by atoms with E-state index >= 15 is 0 Å². The number of esters is 1. The molecule has 1 aromatic carbocycles. The van der Waals surface area contributed by atoms with Crippen LogP contribution in [-0.2, 0) is 16.0 Å². The first-order valence-corrected chi connectivity index (χ1v) is 16.1. The predicted molar refractivity (Wildman–Crippen MR) is 161 cm³/mol. The van der Waals surface area contributed by atoms with Crippen molar-refractivity contribution in [1.82, 2.24) is 0 Å². The van der Waals surface area contributed by atoms with Crippen LogP contribution in [0.5, 0.6) is 5.75 Å². The van der Waals surface area contributed by atoms with Crippen molar-refractivity contribution in [2.75, 3.05) is 0 Å². The lowest BCUT2D eigenvalue weighted by atomic mass is 9.55. The zero-order valence-corrected chi connectivity index (χ0v) is 24.6. The highest BCUT2D eigenvalue weighted by Gasteiger charge is 2.54. The zero-order valence-electron chi connectivity index (χ0n) is 28.6. The minimum Gasteiger partial charge on any atom is -0.427 e. The van der Waals surface area contributed by atoms with Crippen LogP contribution >= 0.6 is 0 Å². The quantitative estimate of drug-likeness (QED) is 0.0910. The number of hydrogen-bond donors (Lipinski definition) is 0. The largest absolute Gasteiger partial charge is 0.427 e. The number of unbranched alkanes of at least 4 members (excludes halogenated alkanes) is 11. The number of carbonyl (C=O) groups excluding carboxylic acids is 2. The molecular formula is C36H54O3. The van der Waals surface area contributed by atoms with Gasteiger partial charge in [-0.2, -0.15) is 0 Å². The molecular weight excluding hydrogens is 480 g/mol. The fraction of sp³-hybridized carbons (Fsp3) is 0.722. The molecule has 3 nitrogen and oxygen atoms in total. The smallest absolute Gasteiger partial charge is 0.311 e. The predicted octanol–water partition coefficient (Wildman–Crippen LogP) is 10.1. The van der Waals surface area contributed by atoms with Crippen LogP contribution in [0.3, 0.4) is 0 Å². The number of Topliss-reactive ketones (excluding diaryl/α,β-unsaturated/α-hetero) is 1. The van der Waals surface area contributed by atoms with E-state index in [0.717, 1.165) is 56.1 Å². The second-order valence-electron chi connectivity index (χ2n) is 12.6. The Bertz CT molecular complexity index is 1150. The molecule has 2 saturated carbocycles. The monoisotopic (exact) mass is 538 g/mol. The highest BCUT2D eigenvalue weighted by Crippen LogP contribution is 2.59. The topological polar surface area (TPSA) is 43.4 Å². The molecule has 0 unspecified atom stereocenters. The number of carbonyl (C=O) groups is 2. The van der Waals surface area contributed by atoms with Crippen LogP contribution in [0, 0.1) is 17.3 Å². The number of ketones is 1. The summed E-state index contributed by atoms with van der Waals surface area (Å²) in [7, 11) is 0. The number of rotatable bonds is 16. The Morgan fingerprint density at radius 1 is 1.03 bits per heavy atom. The Morgan fingerprint density at radius 3 is 2.46 bits per heavy atom. The summed E-state index contributed by atoms with van der Waals surface area (Å²) in [6.07, 6.45) is 21.9. The molecule has 4 rings (SSSR count). The lowest BCUT2D eigenvalue weighted by Gasteiger charge is -2.48. The van der Waals surface area contributed by atoms with E-state index in [2.05, 4.69) is 19.1 Å². The average molecular weight is 539 g/mol. The molecule has 216 valence electrons. The van der Waals surface area contributed by atoms with E-state index in [1.165, 1.54) is 51.4 Å². The van der Waals surface area contributed by atoms with Gasteiger partial charge in [-0.1, -0.05) is 83.4 Å². The van der Waals surface area contributed by atoms with Crippen molar-refractivity contribution in [3.05, 3.63) is 41.4 Å². The second kappa shape index (κ2) is 15.2. The van der Waals surface area contributed by atoms with E-state index in [0.29, 0.717) is 19.3 Å². The van der Waals surface area contributed by atoms with Gasteiger partial charge in [0.05, 0.1) is 2.74 Å². The molecule has 3 aliphatic rings. The Hall–Kier alpha value is -1.90. The third kappa shape index (κ3) is 8.08. The number of ether oxygens (including phenoxy) is 1. The molecule has 2 fully saturated rings. The first kappa shape index (κ1) is 24.9. The van der Waals surface area contributed by atoms with Crippen LogP contribution in [0.15, 0.2) is 30.3 Å². The lowest BCUT2D eigenvalue weighted by Crippen LogP contribution is -2.42. The molecule has 4 atom stereocenters. The van der Waals surface area contributed by atoms with Crippen molar-refractivity contribution < 1.29 is 19.8 Å². The summed E-state index contributed by atoms with van der Waals surface area (Å²) < 4.78 is 39.6. The van der Waals surface area contributed by atoms with Gasteiger partial charge in [0.1, 0.15) is 11.5 Å². The molecule has 39 heavy (non-hydrogen) atoms. The summed E-state index contributed by atoms with van der Waals surface area (Å²) in [4.78, 5) is 25.5. The van der Waals surface area contributed by atoms with E-state index in [4.69, 9.17) is 10.2 Å². The van der Waals surface area contributed by atoms with Crippen LogP contribution in [0.4, 0.5) is 0 Å². The van der Waals surface area contributed by atoms with Crippen molar-refractivity contribution >= 4 is 11.8 Å². The van der Waals surface area contributed by atoms with Gasteiger partial charge in [-0.3, -0.25) is 9.59 Å². The third-order valence-corrected chi connectivity index (χ3v) is 9.79. The molecule has 0 bridgehead atoms. The van der Waals surface area contributed by atoms with Gasteiger partial charge in [0.25, 0.3) is 0 Å². The molecule has 0 heterocycles. The van der Waals surface area contributed by atoms with Crippen molar-refractivity contribution in [3.63, 3.8) is 0 Å². The number of allylic oxidation sites excluding steroid dienone is 2. The summed E-state index contributed by atoms with van der Waals surface area (Å²) in [5.41, 5.74) is 1.22. The van der Waals surface area contributed by atoms with Crippen molar-refractivity contribution in [1.29, 1.82) is 0 Å². The van der Waals surface area contributed by atoms with E-state index in [9.17, 15) is 9.59 Å². The van der Waals surface area contributed by atoms with Gasteiger partial charge >= 0.3 is 5.97 Å². The first-order valence-electron chi connectivity index (χ1n) is 18.1. The van der Waals surface area contributed by atoms with Crippen LogP contribution in [0.2, 0.25) is 0 Å². The van der Waals surface area contributed by atoms with Gasteiger partial charge in [-0.25, -0.2) is 0 Å². The number of fused-ring (bicyclic) bond motifs is 5. The van der Waals surface area contributed by atoms with Gasteiger partial charge in [0.15, 0.2) is 0 Å². The zero-order chi connectivity index (χ0) is 31.0. The fourth-order valence-electron chi connectivity index (χ4n) is 7.34. The Kier molecular flexibility index (Phi) is 9.69. The minimum absolute atomic E-state index is 0.00542. The maximum absolute atomic E-state index is 12.9. The molecule has 0 radical (unpaired) electrons. The van der Waals surface area contributed by atoms with Gasteiger partial charge in [0, 0.05) is 21.0 Å². The third-order valence-electron chi connectivity index (χ3n) is 9.79. The molecule has 0 spiro atoms. The van der Waals surface area contributed by atoms with Gasteiger partial charge in [-0.15, -0.1) is 0 Å². The van der Waals surface area contributed by atoms with Crippen LogP contribution in [-0.4, -0.2) is 11.8 Å². The van der Waals surface area contributed by atoms with E-state index in [1.807, 2.05) is 6.92 Å². The molecule has 3 aliphatic carbocycles. The van der Waals surface area contributed by atoms with E-state index in [-0.39, 0.29) is 53.8 Å². The maximum Gasteiger partial charge on any atom is 0.311 e. The Morgan fingerprint density at radius 2 is 1.72 bits per heavy atom. The minimum atomic E-state index is -1.77. The normalized spacial score (nSPS) is 28.7. The maximum atomic E-state index is 12.9. The van der Waals surface area contributed by atoms with Crippen molar-refractivity contribution in [2.24, 2.45) is 17.3 Å². The molecule has 0 saturated heterocycles. The van der Waals surface area contributed by atoms with Gasteiger partial charge in [0.2, 0.25) is 0 Å². The van der Waals surface area contributed by atoms with Crippen molar-refractivity contribution in [2.45, 2.75) is 148 Å². The van der Waals surface area contributed by atoms with Gasteiger partial charge in [-0.05, 0) is 105 Å². The second-order valence-corrected chi connectivity index (χ2v) is 12.6. The van der Waals surface area contributed by atoms with Gasteiger partial charge < -0.3 is 4.74 Å². The molecule has 3 heteroatoms. The average Bonchev–Trinajstić information content (AvgIpc) is 3.17. The van der Waals surface area contributed by atoms with Crippen LogP contribution < -0.4 is 4.74 Å². The van der Waals surface area contributed by atoms with Crippen LogP contribution in [0.25, 0.3) is 0 Å². The van der Waals surface area contributed by atoms with Crippen LogP contribution in [0.1, 0.15) is 158 Å². The standard InChI is InChI=1S/C36H54O3/c1-3-4-5-6-7-8-9-10-11-12-13-14-15-16-17-18-35(38)39-29-20-22-30-28(27-29)19-21-32-31(30)25-26-36(2)33(32)23-24-34(36)37/h10-11,20,22,27,31-33H,3-9,12-19,21,23-26H2,1-2H3/b11-10-/t31-,32-,33+,36+/m1/s1/i20D,24D2,27D. The summed E-state index contributed by atoms with van der Waals surface area (Å²) in [6, 6.07) is 2.02. The SMILES string of the molecule is [2H]c1cc2c(c([2H])c1OC(=O)CCCCCCC/C=C\CCCCCCCC)CC[C@@H]1[C@@H]2CC[C@]2(C)C(=O)C([2H])([2H])C[C@@H]12. The first-order chi connectivity index (χ1) is 20.6. The highest BCUT2D eigenvalue weighted by molar-refractivity contribution is 5.87. The lowest BCUT2D eigenvalue weighted by molar-refractivity contribution is -0.134. The van der Waals surface area contributed by atoms with E-state index < -0.39 is 11.8 Å². The summed E-state index contributed by atoms with van der Waals surface area (Å²) >= 11 is 0. The number of benzene rings is 1. The number of hydrogen-bond acceptors (Lipinski definition) is 3.